The van der Waals surface area contributed by atoms with E-state index in [0.717, 1.165) is 12.3 Å². The summed E-state index contributed by atoms with van der Waals surface area (Å²) in [6.07, 6.45) is -1.33. The minimum Gasteiger partial charge on any atom is -0.337 e. The fraction of sp³-hybridized carbons (Fsp3) is 0.368. The second kappa shape index (κ2) is 7.55. The zero-order valence-electron chi connectivity index (χ0n) is 15.0. The number of likely N-dealkylation sites (tertiary alicyclic amines) is 1. The highest BCUT2D eigenvalue weighted by Crippen LogP contribution is 2.38. The molecule has 1 aromatic heterocycles. The number of fused-ring (bicyclic) bond motifs is 1. The van der Waals surface area contributed by atoms with E-state index in [-0.39, 0.29) is 23.6 Å². The Hall–Kier alpha value is -2.23. The van der Waals surface area contributed by atoms with Crippen molar-refractivity contribution in [2.75, 3.05) is 13.1 Å². The summed E-state index contributed by atoms with van der Waals surface area (Å²) < 4.78 is 52.7. The molecule has 29 heavy (non-hydrogen) atoms. The van der Waals surface area contributed by atoms with Gasteiger partial charge >= 0.3 is 6.18 Å². The van der Waals surface area contributed by atoms with E-state index in [1.54, 1.807) is 6.20 Å². The average molecular weight is 429 g/mol. The molecule has 2 aromatic rings. The number of benzene rings is 1. The molecule has 154 valence electrons. The van der Waals surface area contributed by atoms with Crippen LogP contribution in [-0.4, -0.2) is 34.9 Å². The molecule has 2 fully saturated rings. The van der Waals surface area contributed by atoms with Crippen molar-refractivity contribution in [2.24, 2.45) is 5.92 Å². The first-order chi connectivity index (χ1) is 13.8. The van der Waals surface area contributed by atoms with Crippen LogP contribution in [0.2, 0.25) is 5.02 Å². The van der Waals surface area contributed by atoms with E-state index in [4.69, 9.17) is 11.6 Å². The van der Waals surface area contributed by atoms with Crippen LogP contribution in [0.3, 0.4) is 0 Å². The lowest BCUT2D eigenvalue weighted by Gasteiger charge is -2.36. The maximum Gasteiger partial charge on any atom is 0.417 e. The van der Waals surface area contributed by atoms with Crippen molar-refractivity contribution in [3.63, 3.8) is 0 Å². The SMILES string of the molecule is O=C(c1cccc(C(F)(F)F)c1Cl)N1CCC2C(C1)NNC2c1cncc(F)c1. The fourth-order valence-electron chi connectivity index (χ4n) is 4.03. The van der Waals surface area contributed by atoms with E-state index in [1.807, 2.05) is 0 Å². The van der Waals surface area contributed by atoms with Gasteiger partial charge < -0.3 is 4.90 Å². The van der Waals surface area contributed by atoms with Crippen molar-refractivity contribution in [3.8, 4) is 0 Å². The van der Waals surface area contributed by atoms with Crippen LogP contribution in [0.4, 0.5) is 17.6 Å². The number of halogens is 5. The van der Waals surface area contributed by atoms with E-state index < -0.39 is 28.5 Å². The van der Waals surface area contributed by atoms with Crippen LogP contribution in [0.5, 0.6) is 0 Å². The highest BCUT2D eigenvalue weighted by molar-refractivity contribution is 6.34. The van der Waals surface area contributed by atoms with Gasteiger partial charge in [0.2, 0.25) is 0 Å². The van der Waals surface area contributed by atoms with Gasteiger partial charge in [-0.15, -0.1) is 0 Å². The summed E-state index contributed by atoms with van der Waals surface area (Å²) in [5, 5.41) is -0.589. The number of carbonyl (C=O) groups is 1. The minimum absolute atomic E-state index is 0.0830. The number of pyridine rings is 1. The molecule has 0 saturated carbocycles. The van der Waals surface area contributed by atoms with E-state index in [0.29, 0.717) is 25.1 Å². The number of hydrazine groups is 1. The number of aromatic nitrogens is 1. The number of rotatable bonds is 2. The Bertz CT molecular complexity index is 939. The first-order valence-electron chi connectivity index (χ1n) is 9.02. The lowest BCUT2D eigenvalue weighted by molar-refractivity contribution is -0.137. The number of alkyl halides is 3. The Kier molecular flexibility index (Phi) is 5.22. The molecule has 2 aliphatic heterocycles. The Morgan fingerprint density at radius 2 is 2.03 bits per heavy atom. The van der Waals surface area contributed by atoms with Gasteiger partial charge in [-0.3, -0.25) is 15.2 Å². The van der Waals surface area contributed by atoms with Gasteiger partial charge in [-0.05, 0) is 36.1 Å². The van der Waals surface area contributed by atoms with Crippen LogP contribution in [0.15, 0.2) is 36.7 Å². The van der Waals surface area contributed by atoms with Crippen LogP contribution in [0.1, 0.15) is 33.9 Å². The van der Waals surface area contributed by atoms with Crippen LogP contribution in [0.25, 0.3) is 0 Å². The third kappa shape index (κ3) is 3.82. The molecule has 10 heteroatoms. The van der Waals surface area contributed by atoms with Gasteiger partial charge in [0.15, 0.2) is 0 Å². The van der Waals surface area contributed by atoms with Gasteiger partial charge in [0.1, 0.15) is 5.82 Å². The smallest absolute Gasteiger partial charge is 0.337 e. The lowest BCUT2D eigenvalue weighted by atomic mass is 9.84. The minimum atomic E-state index is -4.64. The molecule has 2 N–H and O–H groups in total. The Labute approximate surface area is 169 Å². The largest absolute Gasteiger partial charge is 0.417 e. The molecule has 2 aliphatic rings. The first kappa shape index (κ1) is 20.1. The zero-order valence-corrected chi connectivity index (χ0v) is 15.8. The fourth-order valence-corrected chi connectivity index (χ4v) is 4.34. The molecule has 3 unspecified atom stereocenters. The number of nitrogens with one attached hydrogen (secondary N) is 2. The molecule has 0 spiro atoms. The third-order valence-electron chi connectivity index (χ3n) is 5.43. The van der Waals surface area contributed by atoms with E-state index >= 15 is 0 Å². The van der Waals surface area contributed by atoms with Gasteiger partial charge in [0.25, 0.3) is 5.91 Å². The van der Waals surface area contributed by atoms with Gasteiger partial charge in [-0.2, -0.15) is 13.2 Å². The molecule has 2 saturated heterocycles. The van der Waals surface area contributed by atoms with Crippen LogP contribution >= 0.6 is 11.6 Å². The molecule has 1 aromatic carbocycles. The number of hydrogen-bond donors (Lipinski definition) is 2. The highest BCUT2D eigenvalue weighted by atomic mass is 35.5. The summed E-state index contributed by atoms with van der Waals surface area (Å²) in [6.45, 7) is 0.650. The molecule has 3 atom stereocenters. The van der Waals surface area contributed by atoms with Gasteiger partial charge in [-0.25, -0.2) is 9.82 Å². The van der Waals surface area contributed by atoms with Crippen molar-refractivity contribution in [1.29, 1.82) is 0 Å². The molecule has 3 heterocycles. The normalized spacial score (nSPS) is 24.4. The van der Waals surface area contributed by atoms with Crippen molar-refractivity contribution in [1.82, 2.24) is 20.7 Å². The van der Waals surface area contributed by atoms with Gasteiger partial charge in [0, 0.05) is 25.3 Å². The molecular formula is C19H17ClF4N4O. The molecule has 4 rings (SSSR count). The first-order valence-corrected chi connectivity index (χ1v) is 9.40. The predicted octanol–water partition coefficient (Wildman–Crippen LogP) is 3.57. The van der Waals surface area contributed by atoms with Crippen LogP contribution in [-0.2, 0) is 6.18 Å². The molecule has 0 aliphatic carbocycles. The summed E-state index contributed by atoms with van der Waals surface area (Å²) >= 11 is 5.90. The van der Waals surface area contributed by atoms with Crippen molar-refractivity contribution in [3.05, 3.63) is 64.2 Å². The topological polar surface area (TPSA) is 57.3 Å². The second-order valence-electron chi connectivity index (χ2n) is 7.18. The van der Waals surface area contributed by atoms with Crippen LogP contribution < -0.4 is 10.9 Å². The molecule has 0 bridgehead atoms. The quantitative estimate of drug-likeness (QED) is 0.718. The van der Waals surface area contributed by atoms with Gasteiger partial charge in [-0.1, -0.05) is 17.7 Å². The summed E-state index contributed by atoms with van der Waals surface area (Å²) in [5.41, 5.74) is 5.72. The second-order valence-corrected chi connectivity index (χ2v) is 7.56. The summed E-state index contributed by atoms with van der Waals surface area (Å²) in [4.78, 5) is 18.2. The molecule has 5 nitrogen and oxygen atoms in total. The van der Waals surface area contributed by atoms with Crippen molar-refractivity contribution in [2.45, 2.75) is 24.7 Å². The predicted molar refractivity (Wildman–Crippen MR) is 97.5 cm³/mol. The number of amides is 1. The zero-order chi connectivity index (χ0) is 20.8. The van der Waals surface area contributed by atoms with E-state index in [1.165, 1.54) is 23.1 Å². The van der Waals surface area contributed by atoms with Gasteiger partial charge in [0.05, 0.1) is 28.4 Å². The summed E-state index contributed by atoms with van der Waals surface area (Å²) in [6, 6.07) is 4.44. The highest BCUT2D eigenvalue weighted by Gasteiger charge is 2.42. The maximum absolute atomic E-state index is 13.5. The summed E-state index contributed by atoms with van der Waals surface area (Å²) in [5.74, 6) is -0.892. The van der Waals surface area contributed by atoms with E-state index in [2.05, 4.69) is 15.8 Å². The Balaban J connectivity index is 1.51. The monoisotopic (exact) mass is 428 g/mol. The van der Waals surface area contributed by atoms with E-state index in [9.17, 15) is 22.4 Å². The van der Waals surface area contributed by atoms with Crippen LogP contribution in [0, 0.1) is 11.7 Å². The average Bonchev–Trinajstić information content (AvgIpc) is 3.10. The van der Waals surface area contributed by atoms with Crippen molar-refractivity contribution >= 4 is 17.5 Å². The maximum atomic E-state index is 13.5. The Morgan fingerprint density at radius 3 is 2.76 bits per heavy atom. The standard InChI is InChI=1S/C19H17ClF4N4O/c20-16-13(2-1-3-14(16)19(22,23)24)18(29)28-5-4-12-15(9-28)26-27-17(12)10-6-11(21)8-25-7-10/h1-3,6-8,12,15,17,26-27H,4-5,9H2. The number of hydrogen-bond acceptors (Lipinski definition) is 4. The van der Waals surface area contributed by atoms with Crippen molar-refractivity contribution < 1.29 is 22.4 Å². The Morgan fingerprint density at radius 1 is 1.24 bits per heavy atom. The molecular weight excluding hydrogens is 412 g/mol. The number of carbonyl (C=O) groups excluding carboxylic acids is 1. The summed E-state index contributed by atoms with van der Waals surface area (Å²) in [7, 11) is 0. The number of piperidine rings is 1. The molecule has 1 amide bonds. The lowest BCUT2D eigenvalue weighted by Crippen LogP contribution is -2.49. The third-order valence-corrected chi connectivity index (χ3v) is 5.83. The molecule has 0 radical (unpaired) electrons. The number of nitrogens with zero attached hydrogens (tertiary/aromatic N) is 2.